The number of benzene rings is 2. The predicted molar refractivity (Wildman–Crippen MR) is 168 cm³/mol. The molecule has 0 aliphatic heterocycles. The zero-order chi connectivity index (χ0) is 30.5. The summed E-state index contributed by atoms with van der Waals surface area (Å²) in [5, 5.41) is 6.01. The van der Waals surface area contributed by atoms with Crippen LogP contribution in [0.4, 0.5) is 11.4 Å². The molecular formula is C33H37N5O4S. The molecule has 224 valence electrons. The van der Waals surface area contributed by atoms with Crippen LogP contribution in [-0.4, -0.2) is 28.1 Å². The second kappa shape index (κ2) is 13.2. The van der Waals surface area contributed by atoms with E-state index in [1.807, 2.05) is 62.4 Å². The average Bonchev–Trinajstić information content (AvgIpc) is 3.61. The lowest BCUT2D eigenvalue weighted by atomic mass is 9.95. The number of hydrogen-bond acceptors (Lipinski definition) is 7. The van der Waals surface area contributed by atoms with Crippen LogP contribution in [0.3, 0.4) is 0 Å². The van der Waals surface area contributed by atoms with E-state index in [-0.39, 0.29) is 28.8 Å². The number of nitrogens with one attached hydrogen (secondary N) is 2. The van der Waals surface area contributed by atoms with Crippen LogP contribution in [0.25, 0.3) is 0 Å². The molecule has 4 N–H and O–H groups in total. The van der Waals surface area contributed by atoms with E-state index in [1.54, 1.807) is 19.1 Å². The Labute approximate surface area is 255 Å². The maximum atomic E-state index is 14.5. The Kier molecular flexibility index (Phi) is 9.25. The summed E-state index contributed by atoms with van der Waals surface area (Å²) < 4.78 is 10.3. The highest BCUT2D eigenvalue weighted by Crippen LogP contribution is 2.36. The van der Waals surface area contributed by atoms with E-state index < -0.39 is 23.8 Å². The van der Waals surface area contributed by atoms with Crippen molar-refractivity contribution < 1.29 is 18.8 Å². The molecule has 1 saturated carbocycles. The fourth-order valence-corrected chi connectivity index (χ4v) is 6.16. The van der Waals surface area contributed by atoms with Gasteiger partial charge in [0.25, 0.3) is 17.7 Å². The first-order chi connectivity index (χ1) is 20.7. The van der Waals surface area contributed by atoms with E-state index in [1.165, 1.54) is 4.90 Å². The van der Waals surface area contributed by atoms with Crippen molar-refractivity contribution >= 4 is 40.6 Å². The number of hydrogen-bond donors (Lipinski definition) is 3. The van der Waals surface area contributed by atoms with Gasteiger partial charge in [0.15, 0.2) is 11.7 Å². The Bertz CT molecular complexity index is 1610. The topological polar surface area (TPSA) is 131 Å². The molecule has 43 heavy (non-hydrogen) atoms. The van der Waals surface area contributed by atoms with E-state index in [2.05, 4.69) is 15.0 Å². The molecule has 2 heterocycles. The lowest BCUT2D eigenvalue weighted by Gasteiger charge is -2.31. The summed E-state index contributed by atoms with van der Waals surface area (Å²) in [7, 11) is 0. The Morgan fingerprint density at radius 2 is 1.77 bits per heavy atom. The minimum atomic E-state index is -1.16. The fraction of sp³-hybridized carbons (Fsp3) is 0.333. The summed E-state index contributed by atoms with van der Waals surface area (Å²) in [5.74, 6) is -0.462. The van der Waals surface area contributed by atoms with Gasteiger partial charge in [-0.1, -0.05) is 61.7 Å². The summed E-state index contributed by atoms with van der Waals surface area (Å²) in [6.07, 6.45) is 5.10. The highest BCUT2D eigenvalue weighted by Gasteiger charge is 2.38. The van der Waals surface area contributed by atoms with E-state index in [0.717, 1.165) is 60.3 Å². The summed E-state index contributed by atoms with van der Waals surface area (Å²) in [5.41, 5.74) is 9.61. The third-order valence-corrected chi connectivity index (χ3v) is 8.62. The van der Waals surface area contributed by atoms with Gasteiger partial charge in [-0.2, -0.15) is 4.37 Å². The van der Waals surface area contributed by atoms with Crippen LogP contribution >= 0.6 is 11.5 Å². The minimum absolute atomic E-state index is 0.00214. The number of nitrogens with two attached hydrogens (primary N) is 1. The van der Waals surface area contributed by atoms with Crippen LogP contribution < -0.4 is 21.3 Å². The largest absolute Gasteiger partial charge is 0.464 e. The first kappa shape index (κ1) is 30.0. The van der Waals surface area contributed by atoms with Crippen LogP contribution in [0.1, 0.15) is 86.5 Å². The SMILES string of the molecule is Cc1ccc(C)c(N(C(=O)c2snc(C(=O)NC3CCCCC3)c2N)[C@H](C(=O)NCc2ccccc2)c2ccc(C)o2)c1. The fourth-order valence-electron chi connectivity index (χ4n) is 5.43. The molecule has 1 atom stereocenters. The first-order valence-corrected chi connectivity index (χ1v) is 15.3. The van der Waals surface area contributed by atoms with Gasteiger partial charge in [0.05, 0.1) is 5.69 Å². The Hall–Kier alpha value is -4.44. The van der Waals surface area contributed by atoms with Crippen molar-refractivity contribution in [3.05, 3.63) is 99.4 Å². The molecule has 0 bridgehead atoms. The van der Waals surface area contributed by atoms with Gasteiger partial charge in [0.1, 0.15) is 16.4 Å². The van der Waals surface area contributed by atoms with Crippen molar-refractivity contribution in [3.8, 4) is 0 Å². The number of carbonyl (C=O) groups is 3. The van der Waals surface area contributed by atoms with Gasteiger partial charge in [-0.3, -0.25) is 19.3 Å². The van der Waals surface area contributed by atoms with Crippen LogP contribution in [0.15, 0.2) is 65.1 Å². The molecule has 0 saturated heterocycles. The lowest BCUT2D eigenvalue weighted by Crippen LogP contribution is -2.44. The Balaban J connectivity index is 1.54. The Morgan fingerprint density at radius 1 is 1.02 bits per heavy atom. The predicted octanol–water partition coefficient (Wildman–Crippen LogP) is 6.01. The van der Waals surface area contributed by atoms with Gasteiger partial charge >= 0.3 is 0 Å². The highest BCUT2D eigenvalue weighted by molar-refractivity contribution is 7.09. The van der Waals surface area contributed by atoms with Crippen molar-refractivity contribution in [1.82, 2.24) is 15.0 Å². The number of carbonyl (C=O) groups excluding carboxylic acids is 3. The number of aromatic nitrogens is 1. The van der Waals surface area contributed by atoms with Crippen molar-refractivity contribution in [3.63, 3.8) is 0 Å². The molecule has 2 aromatic heterocycles. The van der Waals surface area contributed by atoms with E-state index >= 15 is 0 Å². The first-order valence-electron chi connectivity index (χ1n) is 14.6. The van der Waals surface area contributed by atoms with E-state index in [0.29, 0.717) is 17.2 Å². The zero-order valence-corrected chi connectivity index (χ0v) is 25.5. The zero-order valence-electron chi connectivity index (χ0n) is 24.7. The number of furan rings is 1. The molecule has 0 spiro atoms. The van der Waals surface area contributed by atoms with Gasteiger partial charge in [0.2, 0.25) is 0 Å². The van der Waals surface area contributed by atoms with Crippen molar-refractivity contribution in [2.75, 3.05) is 10.6 Å². The monoisotopic (exact) mass is 599 g/mol. The standard InChI is InChI=1S/C33H37N5O4S/c1-20-14-15-21(2)25(18-20)38(29(26-17-16-22(3)42-26)32(40)35-19-23-10-6-4-7-11-23)33(41)30-27(34)28(37-43-30)31(39)36-24-12-8-5-9-13-24/h4,6-7,10-11,14-18,24,29H,5,8-9,12-13,19,34H2,1-3H3,(H,35,40)(H,36,39)/t29-/m0/s1. The Morgan fingerprint density at radius 3 is 2.47 bits per heavy atom. The molecular weight excluding hydrogens is 562 g/mol. The van der Waals surface area contributed by atoms with Crippen molar-refractivity contribution in [2.24, 2.45) is 0 Å². The van der Waals surface area contributed by atoms with Gasteiger partial charge in [-0.25, -0.2) is 0 Å². The third kappa shape index (κ3) is 6.80. The van der Waals surface area contributed by atoms with Crippen LogP contribution in [0.5, 0.6) is 0 Å². The molecule has 1 fully saturated rings. The smallest absolute Gasteiger partial charge is 0.273 e. The molecule has 1 aliphatic rings. The molecule has 9 nitrogen and oxygen atoms in total. The van der Waals surface area contributed by atoms with E-state index in [4.69, 9.17) is 10.2 Å². The molecule has 1 aliphatic carbocycles. The summed E-state index contributed by atoms with van der Waals surface area (Å²) in [6.45, 7) is 5.84. The molecule has 4 aromatic rings. The summed E-state index contributed by atoms with van der Waals surface area (Å²) in [4.78, 5) is 43.2. The number of nitrogen functional groups attached to an aromatic ring is 1. The number of anilines is 2. The molecule has 2 aromatic carbocycles. The minimum Gasteiger partial charge on any atom is -0.464 e. The number of nitrogens with zero attached hydrogens (tertiary/aromatic N) is 2. The van der Waals surface area contributed by atoms with Crippen molar-refractivity contribution in [1.29, 1.82) is 0 Å². The number of amides is 3. The normalized spacial score (nSPS) is 14.2. The van der Waals surface area contributed by atoms with Gasteiger partial charge < -0.3 is 20.8 Å². The van der Waals surface area contributed by atoms with Gasteiger partial charge in [0, 0.05) is 18.3 Å². The molecule has 0 radical (unpaired) electrons. The molecule has 10 heteroatoms. The van der Waals surface area contributed by atoms with Crippen LogP contribution in [0, 0.1) is 20.8 Å². The second-order valence-electron chi connectivity index (χ2n) is 11.1. The molecule has 3 amide bonds. The summed E-state index contributed by atoms with van der Waals surface area (Å²) >= 11 is 0.858. The van der Waals surface area contributed by atoms with Crippen LogP contribution in [0.2, 0.25) is 0 Å². The second-order valence-corrected chi connectivity index (χ2v) is 11.9. The maximum absolute atomic E-state index is 14.5. The lowest BCUT2D eigenvalue weighted by molar-refractivity contribution is -0.123. The van der Waals surface area contributed by atoms with E-state index in [9.17, 15) is 14.4 Å². The maximum Gasteiger partial charge on any atom is 0.273 e. The third-order valence-electron chi connectivity index (χ3n) is 7.77. The van der Waals surface area contributed by atoms with Crippen molar-refractivity contribution in [2.45, 2.75) is 71.5 Å². The van der Waals surface area contributed by atoms with Gasteiger partial charge in [-0.15, -0.1) is 0 Å². The summed E-state index contributed by atoms with van der Waals surface area (Å²) in [6, 6.07) is 17.6. The molecule has 5 rings (SSSR count). The quantitative estimate of drug-likeness (QED) is 0.216. The number of rotatable bonds is 9. The van der Waals surface area contributed by atoms with Gasteiger partial charge in [-0.05, 0) is 80.0 Å². The average molecular weight is 600 g/mol. The highest BCUT2D eigenvalue weighted by atomic mass is 32.1. The number of aryl methyl sites for hydroxylation is 3. The van der Waals surface area contributed by atoms with Crippen LogP contribution in [-0.2, 0) is 11.3 Å². The molecule has 0 unspecified atom stereocenters.